The number of rotatable bonds is 10. The lowest BCUT2D eigenvalue weighted by Gasteiger charge is -2.23. The second kappa shape index (κ2) is 13.4. The highest BCUT2D eigenvalue weighted by Gasteiger charge is 2.26. The molecule has 13 nitrogen and oxygen atoms in total. The number of hydrogen-bond acceptors (Lipinski definition) is 9. The number of nitrogens with one attached hydrogen (secondary N) is 1. The van der Waals surface area contributed by atoms with E-state index in [0.29, 0.717) is 73.5 Å². The Balaban J connectivity index is 1.33. The first-order valence-electron chi connectivity index (χ1n) is 14.5. The summed E-state index contributed by atoms with van der Waals surface area (Å²) in [6.07, 6.45) is 3.16. The molecule has 0 bridgehead atoms. The number of aliphatic hydroxyl groups excluding tert-OH is 1. The number of hydrogen-bond donors (Lipinski definition) is 3. The number of carboxylic acid groups (broad SMARTS) is 1. The normalized spacial score (nSPS) is 14.3. The summed E-state index contributed by atoms with van der Waals surface area (Å²) in [5.74, 6) is 0.835. The first kappa shape index (κ1) is 32.0. The lowest BCUT2D eigenvalue weighted by atomic mass is 10.00. The summed E-state index contributed by atoms with van der Waals surface area (Å²) in [5, 5.41) is 27.1. The standard InChI is InChI=1S/C32H29Cl2N7O6/c1-46-24-12-18(14-41-30(24)38-25(16-42)39-41)29-28(34)21(10-11-35-29)20-4-3-5-22(27(20)33)23-8-6-17(31(37-23)47-2)13-40(32(44)45)15-19-7-9-26(43)36-19/h3-6,8,10-12,14,19,42H,7,9,13,15-16H2,1-2H3,(H,36,43)(H,44,45)/t19-/m0/s1. The summed E-state index contributed by atoms with van der Waals surface area (Å²) >= 11 is 14.0. The van der Waals surface area contributed by atoms with Crippen LogP contribution in [0.4, 0.5) is 4.79 Å². The molecule has 242 valence electrons. The zero-order valence-electron chi connectivity index (χ0n) is 25.3. The van der Waals surface area contributed by atoms with Gasteiger partial charge in [-0.2, -0.15) is 0 Å². The number of aromatic nitrogens is 5. The van der Waals surface area contributed by atoms with Crippen LogP contribution in [0.1, 0.15) is 24.2 Å². The van der Waals surface area contributed by atoms with Crippen molar-refractivity contribution in [2.24, 2.45) is 0 Å². The molecule has 1 saturated heterocycles. The van der Waals surface area contributed by atoms with E-state index in [1.807, 2.05) is 18.2 Å². The number of methoxy groups -OCH3 is 2. The van der Waals surface area contributed by atoms with Gasteiger partial charge < -0.3 is 29.9 Å². The molecule has 3 N–H and O–H groups in total. The van der Waals surface area contributed by atoms with Crippen LogP contribution in [-0.2, 0) is 17.9 Å². The maximum atomic E-state index is 12.0. The molecule has 5 aromatic rings. The van der Waals surface area contributed by atoms with E-state index in [4.69, 9.17) is 32.7 Å². The molecule has 1 aliphatic rings. The maximum Gasteiger partial charge on any atom is 0.407 e. The highest BCUT2D eigenvalue weighted by Crippen LogP contribution is 2.42. The SMILES string of the molecule is COc1nc(-c2cccc(-c3ccnc(-c4cc(OC)c5nc(CO)nn5c4)c3Cl)c2Cl)ccc1CN(C[C@@H]1CCC(=O)N1)C(=O)O. The molecule has 0 spiro atoms. The van der Waals surface area contributed by atoms with Crippen LogP contribution in [0, 0.1) is 0 Å². The second-order valence-electron chi connectivity index (χ2n) is 10.8. The number of aliphatic hydroxyl groups is 1. The number of amides is 2. The highest BCUT2D eigenvalue weighted by atomic mass is 35.5. The molecular formula is C32H29Cl2N7O6. The Morgan fingerprint density at radius 2 is 1.87 bits per heavy atom. The van der Waals surface area contributed by atoms with E-state index in [9.17, 15) is 19.8 Å². The van der Waals surface area contributed by atoms with Gasteiger partial charge in [0.05, 0.1) is 42.2 Å². The molecule has 1 aromatic carbocycles. The lowest BCUT2D eigenvalue weighted by molar-refractivity contribution is -0.119. The molecule has 4 aromatic heterocycles. The highest BCUT2D eigenvalue weighted by molar-refractivity contribution is 6.39. The number of ether oxygens (including phenoxy) is 2. The van der Waals surface area contributed by atoms with Gasteiger partial charge in [0.15, 0.2) is 17.2 Å². The van der Waals surface area contributed by atoms with E-state index in [1.165, 1.54) is 23.6 Å². The number of fused-ring (bicyclic) bond motifs is 1. The van der Waals surface area contributed by atoms with Gasteiger partial charge in [-0.25, -0.2) is 19.3 Å². The van der Waals surface area contributed by atoms with Gasteiger partial charge in [0, 0.05) is 59.2 Å². The number of carbonyl (C=O) groups is 2. The quantitative estimate of drug-likeness (QED) is 0.181. The monoisotopic (exact) mass is 677 g/mol. The molecule has 5 heterocycles. The fourth-order valence-electron chi connectivity index (χ4n) is 5.55. The van der Waals surface area contributed by atoms with Crippen LogP contribution in [0.25, 0.3) is 39.3 Å². The summed E-state index contributed by atoms with van der Waals surface area (Å²) in [4.78, 5) is 38.3. The second-order valence-corrected chi connectivity index (χ2v) is 11.5. The van der Waals surface area contributed by atoms with Gasteiger partial charge in [0.25, 0.3) is 0 Å². The average molecular weight is 679 g/mol. The topological polar surface area (TPSA) is 164 Å². The van der Waals surface area contributed by atoms with Crippen molar-refractivity contribution < 1.29 is 29.3 Å². The third kappa shape index (κ3) is 6.37. The predicted molar refractivity (Wildman–Crippen MR) is 174 cm³/mol. The Labute approximate surface area is 278 Å². The summed E-state index contributed by atoms with van der Waals surface area (Å²) < 4.78 is 12.6. The Morgan fingerprint density at radius 1 is 1.09 bits per heavy atom. The largest absolute Gasteiger partial charge is 0.493 e. The molecular weight excluding hydrogens is 649 g/mol. The molecule has 0 radical (unpaired) electrons. The Hall–Kier alpha value is -4.98. The van der Waals surface area contributed by atoms with Crippen LogP contribution in [0.15, 0.2) is 54.9 Å². The first-order valence-corrected chi connectivity index (χ1v) is 15.3. The zero-order chi connectivity index (χ0) is 33.2. The van der Waals surface area contributed by atoms with Crippen molar-refractivity contribution >= 4 is 40.8 Å². The zero-order valence-corrected chi connectivity index (χ0v) is 26.8. The predicted octanol–water partition coefficient (Wildman–Crippen LogP) is 5.10. The van der Waals surface area contributed by atoms with E-state index in [0.717, 1.165) is 0 Å². The van der Waals surface area contributed by atoms with Crippen LogP contribution >= 0.6 is 23.2 Å². The minimum Gasteiger partial charge on any atom is -0.493 e. The van der Waals surface area contributed by atoms with Gasteiger partial charge in [0.2, 0.25) is 11.8 Å². The van der Waals surface area contributed by atoms with Crippen LogP contribution in [0.5, 0.6) is 11.6 Å². The molecule has 2 amide bonds. The third-order valence-corrected chi connectivity index (χ3v) is 8.61. The average Bonchev–Trinajstić information content (AvgIpc) is 3.69. The Kier molecular flexibility index (Phi) is 9.12. The smallest absolute Gasteiger partial charge is 0.407 e. The van der Waals surface area contributed by atoms with E-state index in [2.05, 4.69) is 25.4 Å². The number of nitrogens with zero attached hydrogens (tertiary/aromatic N) is 6. The number of carbonyl (C=O) groups excluding carboxylic acids is 1. The summed E-state index contributed by atoms with van der Waals surface area (Å²) in [6, 6.07) is 12.2. The van der Waals surface area contributed by atoms with Gasteiger partial charge in [-0.3, -0.25) is 9.78 Å². The van der Waals surface area contributed by atoms with Gasteiger partial charge >= 0.3 is 6.09 Å². The lowest BCUT2D eigenvalue weighted by Crippen LogP contribution is -2.41. The van der Waals surface area contributed by atoms with Crippen LogP contribution in [0.2, 0.25) is 10.0 Å². The van der Waals surface area contributed by atoms with E-state index >= 15 is 0 Å². The van der Waals surface area contributed by atoms with E-state index in [-0.39, 0.29) is 43.3 Å². The Morgan fingerprint density at radius 3 is 2.57 bits per heavy atom. The molecule has 0 unspecified atom stereocenters. The van der Waals surface area contributed by atoms with Crippen LogP contribution < -0.4 is 14.8 Å². The molecule has 1 atom stereocenters. The molecule has 1 aliphatic heterocycles. The van der Waals surface area contributed by atoms with Crippen molar-refractivity contribution in [1.82, 2.24) is 34.8 Å². The van der Waals surface area contributed by atoms with Crippen molar-refractivity contribution in [3.63, 3.8) is 0 Å². The fourth-order valence-corrected chi connectivity index (χ4v) is 6.20. The molecule has 47 heavy (non-hydrogen) atoms. The Bertz CT molecular complexity index is 2000. The molecule has 1 fully saturated rings. The van der Waals surface area contributed by atoms with E-state index in [1.54, 1.807) is 36.7 Å². The molecule has 6 rings (SSSR count). The third-order valence-electron chi connectivity index (χ3n) is 7.82. The van der Waals surface area contributed by atoms with Crippen molar-refractivity contribution in [2.75, 3.05) is 20.8 Å². The summed E-state index contributed by atoms with van der Waals surface area (Å²) in [7, 11) is 2.97. The number of pyridine rings is 3. The maximum absolute atomic E-state index is 12.0. The minimum absolute atomic E-state index is 0.0216. The summed E-state index contributed by atoms with van der Waals surface area (Å²) in [5.41, 5.74) is 4.43. The number of halogens is 2. The van der Waals surface area contributed by atoms with Crippen molar-refractivity contribution in [3.05, 3.63) is 76.3 Å². The minimum atomic E-state index is -1.11. The number of benzene rings is 1. The van der Waals surface area contributed by atoms with Crippen molar-refractivity contribution in [2.45, 2.75) is 32.0 Å². The van der Waals surface area contributed by atoms with Gasteiger partial charge in [-0.15, -0.1) is 5.10 Å². The van der Waals surface area contributed by atoms with Crippen molar-refractivity contribution in [1.29, 1.82) is 0 Å². The van der Waals surface area contributed by atoms with Crippen LogP contribution in [-0.4, -0.2) is 78.5 Å². The molecule has 0 saturated carbocycles. The van der Waals surface area contributed by atoms with Crippen molar-refractivity contribution in [3.8, 4) is 45.3 Å². The van der Waals surface area contributed by atoms with Gasteiger partial charge in [-0.1, -0.05) is 41.4 Å². The van der Waals surface area contributed by atoms with Gasteiger partial charge in [-0.05, 0) is 30.7 Å². The molecule has 0 aliphatic carbocycles. The molecule has 15 heteroatoms. The fraction of sp³-hybridized carbons (Fsp3) is 0.250. The first-order chi connectivity index (χ1) is 22.7. The van der Waals surface area contributed by atoms with E-state index < -0.39 is 6.09 Å². The van der Waals surface area contributed by atoms with Gasteiger partial charge in [0.1, 0.15) is 6.61 Å². The summed E-state index contributed by atoms with van der Waals surface area (Å²) in [6.45, 7) is -0.152. The van der Waals surface area contributed by atoms with Crippen LogP contribution in [0.3, 0.4) is 0 Å².